The number of carbonyl (C=O) groups is 2. The lowest BCUT2D eigenvalue weighted by atomic mass is 9.87. The molecule has 0 fully saturated rings. The normalized spacial score (nSPS) is 11.4. The maximum Gasteiger partial charge on any atom is 0.267 e. The molecule has 7 heteroatoms. The molecule has 0 bridgehead atoms. The van der Waals surface area contributed by atoms with Crippen LogP contribution >= 0.6 is 11.3 Å². The highest BCUT2D eigenvalue weighted by Gasteiger charge is 2.18. The third kappa shape index (κ3) is 5.12. The van der Waals surface area contributed by atoms with Gasteiger partial charge in [-0.2, -0.15) is 5.10 Å². The zero-order valence-corrected chi connectivity index (χ0v) is 17.9. The molecule has 0 radical (unpaired) electrons. The first-order valence-electron chi connectivity index (χ1n) is 9.42. The molecule has 30 heavy (non-hydrogen) atoms. The van der Waals surface area contributed by atoms with Gasteiger partial charge in [0.15, 0.2) is 0 Å². The van der Waals surface area contributed by atoms with E-state index >= 15 is 0 Å². The molecule has 0 aliphatic rings. The average molecular weight is 421 g/mol. The fourth-order valence-corrected chi connectivity index (χ4v) is 3.61. The van der Waals surface area contributed by atoms with Crippen LogP contribution in [0.4, 0.5) is 11.4 Å². The summed E-state index contributed by atoms with van der Waals surface area (Å²) in [6.45, 7) is 6.37. The molecule has 0 aliphatic heterocycles. The van der Waals surface area contributed by atoms with Crippen LogP contribution in [0.5, 0.6) is 0 Å². The number of benzene rings is 2. The van der Waals surface area contributed by atoms with Crippen LogP contribution in [0.15, 0.2) is 65.1 Å². The predicted octanol–water partition coefficient (Wildman–Crippen LogP) is 4.84. The van der Waals surface area contributed by atoms with E-state index in [2.05, 4.69) is 36.5 Å². The van der Waals surface area contributed by atoms with E-state index in [1.807, 2.05) is 18.2 Å². The minimum Gasteiger partial charge on any atom is -0.323 e. The number of amides is 2. The topological polar surface area (TPSA) is 96.6 Å². The van der Waals surface area contributed by atoms with E-state index in [0.717, 1.165) is 11.1 Å². The van der Waals surface area contributed by atoms with Crippen molar-refractivity contribution in [3.05, 3.63) is 81.5 Å². The molecule has 2 amide bonds. The van der Waals surface area contributed by atoms with Crippen LogP contribution in [0, 0.1) is 0 Å². The number of rotatable bonds is 5. The molecule has 3 aromatic rings. The van der Waals surface area contributed by atoms with Crippen LogP contribution < -0.4 is 16.5 Å². The number of hydrogen-bond donors (Lipinski definition) is 3. The third-order valence-electron chi connectivity index (χ3n) is 4.50. The van der Waals surface area contributed by atoms with Crippen molar-refractivity contribution in [2.45, 2.75) is 26.2 Å². The molecule has 0 aliphatic carbocycles. The van der Waals surface area contributed by atoms with Crippen molar-refractivity contribution < 1.29 is 9.59 Å². The van der Waals surface area contributed by atoms with Gasteiger partial charge in [0.2, 0.25) is 0 Å². The molecule has 0 atom stereocenters. The van der Waals surface area contributed by atoms with Crippen LogP contribution in [0.1, 0.15) is 51.9 Å². The molecule has 0 spiro atoms. The molecular formula is C23H24N4O2S. The summed E-state index contributed by atoms with van der Waals surface area (Å²) in [4.78, 5) is 25.8. The van der Waals surface area contributed by atoms with Crippen LogP contribution in [-0.4, -0.2) is 18.0 Å². The summed E-state index contributed by atoms with van der Waals surface area (Å²) in [6, 6.07) is 16.4. The summed E-state index contributed by atoms with van der Waals surface area (Å²) in [6.07, 6.45) is 1.50. The number of hydrogen-bond acceptors (Lipinski definition) is 5. The van der Waals surface area contributed by atoms with Crippen LogP contribution in [0.25, 0.3) is 0 Å². The van der Waals surface area contributed by atoms with E-state index in [0.29, 0.717) is 21.8 Å². The highest BCUT2D eigenvalue weighted by atomic mass is 32.1. The fourth-order valence-electron chi connectivity index (χ4n) is 2.87. The Kier molecular flexibility index (Phi) is 6.32. The van der Waals surface area contributed by atoms with Crippen molar-refractivity contribution in [2.24, 2.45) is 10.9 Å². The van der Waals surface area contributed by atoms with Crippen molar-refractivity contribution >= 4 is 40.7 Å². The molecule has 3 rings (SSSR count). The molecule has 2 aromatic carbocycles. The summed E-state index contributed by atoms with van der Waals surface area (Å²) >= 11 is 1.26. The Hall–Kier alpha value is -3.45. The summed E-state index contributed by atoms with van der Waals surface area (Å²) in [5.74, 6) is 4.62. The monoisotopic (exact) mass is 420 g/mol. The zero-order valence-electron chi connectivity index (χ0n) is 17.1. The van der Waals surface area contributed by atoms with Gasteiger partial charge in [0.05, 0.1) is 11.9 Å². The summed E-state index contributed by atoms with van der Waals surface area (Å²) in [5, 5.41) is 10.9. The first kappa shape index (κ1) is 21.3. The minimum atomic E-state index is -0.301. The highest BCUT2D eigenvalue weighted by Crippen LogP contribution is 2.26. The molecule has 154 valence electrons. The van der Waals surface area contributed by atoms with Gasteiger partial charge in [0, 0.05) is 11.3 Å². The van der Waals surface area contributed by atoms with Gasteiger partial charge < -0.3 is 16.5 Å². The zero-order chi connectivity index (χ0) is 21.7. The standard InChI is InChI=1S/C23H24N4O2S/c1-23(2,3)17-9-7-16(8-10-17)21(28)27-19-11-12-30-20(19)22(29)26-18-6-4-5-15(13-18)14-25-24/h4-14H,24H2,1-3H3,(H,26,29)(H,27,28). The van der Waals surface area contributed by atoms with Gasteiger partial charge in [0.25, 0.3) is 11.8 Å². The Labute approximate surface area is 179 Å². The van der Waals surface area contributed by atoms with Crippen molar-refractivity contribution in [1.29, 1.82) is 0 Å². The van der Waals surface area contributed by atoms with E-state index in [4.69, 9.17) is 5.84 Å². The summed E-state index contributed by atoms with van der Waals surface area (Å²) in [5.41, 5.74) is 3.56. The van der Waals surface area contributed by atoms with Crippen molar-refractivity contribution in [3.63, 3.8) is 0 Å². The number of anilines is 2. The molecule has 0 unspecified atom stereocenters. The van der Waals surface area contributed by atoms with E-state index < -0.39 is 0 Å². The van der Waals surface area contributed by atoms with Crippen molar-refractivity contribution in [1.82, 2.24) is 0 Å². The van der Waals surface area contributed by atoms with E-state index in [9.17, 15) is 9.59 Å². The lowest BCUT2D eigenvalue weighted by Crippen LogP contribution is -2.17. The predicted molar refractivity (Wildman–Crippen MR) is 124 cm³/mol. The van der Waals surface area contributed by atoms with Gasteiger partial charge in [-0.1, -0.05) is 45.0 Å². The van der Waals surface area contributed by atoms with Gasteiger partial charge in [-0.05, 0) is 52.3 Å². The fraction of sp³-hybridized carbons (Fsp3) is 0.174. The molecule has 6 nitrogen and oxygen atoms in total. The largest absolute Gasteiger partial charge is 0.323 e. The Balaban J connectivity index is 1.72. The second-order valence-electron chi connectivity index (χ2n) is 7.80. The van der Waals surface area contributed by atoms with Crippen molar-refractivity contribution in [2.75, 3.05) is 10.6 Å². The average Bonchev–Trinajstić information content (AvgIpc) is 3.16. The highest BCUT2D eigenvalue weighted by molar-refractivity contribution is 7.12. The lowest BCUT2D eigenvalue weighted by molar-refractivity contribution is 0.102. The molecule has 4 N–H and O–H groups in total. The van der Waals surface area contributed by atoms with E-state index in [-0.39, 0.29) is 17.2 Å². The number of thiophene rings is 1. The SMILES string of the molecule is CC(C)(C)c1ccc(C(=O)Nc2ccsc2C(=O)Nc2cccc(C=NN)c2)cc1. The first-order chi connectivity index (χ1) is 14.3. The summed E-state index contributed by atoms with van der Waals surface area (Å²) in [7, 11) is 0. The third-order valence-corrected chi connectivity index (χ3v) is 5.41. The Morgan fingerprint density at radius 2 is 1.73 bits per heavy atom. The van der Waals surface area contributed by atoms with E-state index in [1.54, 1.807) is 41.8 Å². The second-order valence-corrected chi connectivity index (χ2v) is 8.72. The van der Waals surface area contributed by atoms with Gasteiger partial charge >= 0.3 is 0 Å². The Morgan fingerprint density at radius 1 is 1.00 bits per heavy atom. The van der Waals surface area contributed by atoms with Gasteiger partial charge in [-0.25, -0.2) is 0 Å². The summed E-state index contributed by atoms with van der Waals surface area (Å²) < 4.78 is 0. The lowest BCUT2D eigenvalue weighted by Gasteiger charge is -2.19. The van der Waals surface area contributed by atoms with Crippen LogP contribution in [0.3, 0.4) is 0 Å². The number of nitrogens with one attached hydrogen (secondary N) is 2. The number of nitrogens with two attached hydrogens (primary N) is 1. The maximum absolute atomic E-state index is 12.7. The van der Waals surface area contributed by atoms with Gasteiger partial charge in [-0.15, -0.1) is 11.3 Å². The van der Waals surface area contributed by atoms with Crippen LogP contribution in [-0.2, 0) is 5.41 Å². The van der Waals surface area contributed by atoms with E-state index in [1.165, 1.54) is 17.6 Å². The Bertz CT molecular complexity index is 1080. The number of hydrazone groups is 1. The van der Waals surface area contributed by atoms with Crippen molar-refractivity contribution in [3.8, 4) is 0 Å². The van der Waals surface area contributed by atoms with Gasteiger partial charge in [0.1, 0.15) is 4.88 Å². The first-order valence-corrected chi connectivity index (χ1v) is 10.3. The molecule has 0 saturated carbocycles. The van der Waals surface area contributed by atoms with Gasteiger partial charge in [-0.3, -0.25) is 9.59 Å². The number of nitrogens with zero attached hydrogens (tertiary/aromatic N) is 1. The second kappa shape index (κ2) is 8.92. The minimum absolute atomic E-state index is 0.0148. The quantitative estimate of drug-likeness (QED) is 0.313. The Morgan fingerprint density at radius 3 is 2.40 bits per heavy atom. The molecular weight excluding hydrogens is 396 g/mol. The number of carbonyl (C=O) groups excluding carboxylic acids is 2. The maximum atomic E-state index is 12.7. The molecule has 1 heterocycles. The molecule has 1 aromatic heterocycles. The molecule has 0 saturated heterocycles. The van der Waals surface area contributed by atoms with Crippen LogP contribution in [0.2, 0.25) is 0 Å². The smallest absolute Gasteiger partial charge is 0.267 e.